The molecule has 1 aromatic heterocycles. The first-order valence-corrected chi connectivity index (χ1v) is 9.13. The van der Waals surface area contributed by atoms with Gasteiger partial charge in [-0.3, -0.25) is 4.79 Å². The molecule has 0 saturated carbocycles. The number of hydrogen-bond acceptors (Lipinski definition) is 6. The highest BCUT2D eigenvalue weighted by Gasteiger charge is 2.21. The second kappa shape index (κ2) is 7.93. The molecule has 1 aromatic carbocycles. The number of carbonyl (C=O) groups excluding carboxylic acids is 2. The van der Waals surface area contributed by atoms with Crippen molar-refractivity contribution in [1.82, 2.24) is 0 Å². The van der Waals surface area contributed by atoms with Crippen molar-refractivity contribution in [2.24, 2.45) is 0 Å². The Labute approximate surface area is 143 Å². The van der Waals surface area contributed by atoms with Gasteiger partial charge in [0.1, 0.15) is 23.1 Å². The van der Waals surface area contributed by atoms with E-state index in [1.807, 2.05) is 0 Å². The van der Waals surface area contributed by atoms with Gasteiger partial charge in [0, 0.05) is 5.69 Å². The van der Waals surface area contributed by atoms with Crippen molar-refractivity contribution in [3.05, 3.63) is 53.7 Å². The summed E-state index contributed by atoms with van der Waals surface area (Å²) in [4.78, 5) is 23.3. The largest absolute Gasteiger partial charge is 0.460 e. The van der Waals surface area contributed by atoms with Gasteiger partial charge in [-0.05, 0) is 43.3 Å². The molecule has 0 unspecified atom stereocenters. The number of benzene rings is 1. The molecule has 2 aromatic rings. The van der Waals surface area contributed by atoms with Gasteiger partial charge >= 0.3 is 5.97 Å². The maximum Gasteiger partial charge on any atom is 0.374 e. The van der Waals surface area contributed by atoms with E-state index in [2.05, 4.69) is 5.32 Å². The topological polar surface area (TPSA) is 103 Å². The molecule has 1 amide bonds. The van der Waals surface area contributed by atoms with Gasteiger partial charge in [0.15, 0.2) is 9.84 Å². The molecule has 25 heavy (non-hydrogen) atoms. The van der Waals surface area contributed by atoms with Crippen LogP contribution in [-0.2, 0) is 25.1 Å². The zero-order valence-corrected chi connectivity index (χ0v) is 14.1. The molecule has 0 spiro atoms. The number of rotatable bonds is 7. The summed E-state index contributed by atoms with van der Waals surface area (Å²) in [5.74, 6) is -3.33. The number of carbonyl (C=O) groups is 2. The van der Waals surface area contributed by atoms with Crippen molar-refractivity contribution >= 4 is 27.4 Å². The standard InChI is InChI=1S/C16H16FNO6S/c1-2-23-16(20)14-8-7-13(24-14)9-25(21,22)10-15(19)18-12-5-3-11(17)4-6-12/h3-8H,2,9-10H2,1H3,(H,18,19). The van der Waals surface area contributed by atoms with Crippen molar-refractivity contribution in [2.45, 2.75) is 12.7 Å². The summed E-state index contributed by atoms with van der Waals surface area (Å²) in [6.07, 6.45) is 0. The molecule has 0 saturated heterocycles. The number of nitrogens with one attached hydrogen (secondary N) is 1. The zero-order valence-electron chi connectivity index (χ0n) is 13.3. The molecule has 134 valence electrons. The quantitative estimate of drug-likeness (QED) is 0.750. The SMILES string of the molecule is CCOC(=O)c1ccc(CS(=O)(=O)CC(=O)Nc2ccc(F)cc2)o1. The lowest BCUT2D eigenvalue weighted by Crippen LogP contribution is -2.23. The first kappa shape index (κ1) is 18.7. The second-order valence-corrected chi connectivity index (χ2v) is 7.14. The Bertz CT molecular complexity index is 857. The van der Waals surface area contributed by atoms with Gasteiger partial charge in [-0.2, -0.15) is 0 Å². The van der Waals surface area contributed by atoms with Crippen LogP contribution >= 0.6 is 0 Å². The Morgan fingerprint density at radius 1 is 1.16 bits per heavy atom. The van der Waals surface area contributed by atoms with Crippen molar-refractivity contribution in [3.63, 3.8) is 0 Å². The minimum atomic E-state index is -3.82. The van der Waals surface area contributed by atoms with Crippen LogP contribution in [0.3, 0.4) is 0 Å². The van der Waals surface area contributed by atoms with E-state index >= 15 is 0 Å². The molecule has 0 aliphatic rings. The lowest BCUT2D eigenvalue weighted by Gasteiger charge is -2.05. The minimum Gasteiger partial charge on any atom is -0.460 e. The average molecular weight is 369 g/mol. The first-order chi connectivity index (χ1) is 11.8. The third-order valence-electron chi connectivity index (χ3n) is 2.98. The fourth-order valence-electron chi connectivity index (χ4n) is 1.97. The van der Waals surface area contributed by atoms with Crippen LogP contribution in [0.25, 0.3) is 0 Å². The van der Waals surface area contributed by atoms with E-state index in [0.717, 1.165) is 12.1 Å². The van der Waals surface area contributed by atoms with Crippen molar-refractivity contribution in [3.8, 4) is 0 Å². The van der Waals surface area contributed by atoms with Gasteiger partial charge in [-0.1, -0.05) is 0 Å². The van der Waals surface area contributed by atoms with E-state index in [-0.39, 0.29) is 23.8 Å². The van der Waals surface area contributed by atoms with E-state index < -0.39 is 39.0 Å². The van der Waals surface area contributed by atoms with Gasteiger partial charge in [0.25, 0.3) is 0 Å². The highest BCUT2D eigenvalue weighted by molar-refractivity contribution is 7.91. The molecular weight excluding hydrogens is 353 g/mol. The third-order valence-corrected chi connectivity index (χ3v) is 4.41. The van der Waals surface area contributed by atoms with Crippen LogP contribution in [0.1, 0.15) is 23.2 Å². The fraction of sp³-hybridized carbons (Fsp3) is 0.250. The molecule has 1 heterocycles. The lowest BCUT2D eigenvalue weighted by molar-refractivity contribution is -0.113. The number of hydrogen-bond donors (Lipinski definition) is 1. The first-order valence-electron chi connectivity index (χ1n) is 7.31. The molecular formula is C16H16FNO6S. The van der Waals surface area contributed by atoms with Crippen LogP contribution in [0.4, 0.5) is 10.1 Å². The average Bonchev–Trinajstić information content (AvgIpc) is 2.97. The van der Waals surface area contributed by atoms with Gasteiger partial charge in [-0.25, -0.2) is 17.6 Å². The molecule has 0 atom stereocenters. The summed E-state index contributed by atoms with van der Waals surface area (Å²) in [6, 6.07) is 7.56. The van der Waals surface area contributed by atoms with Crippen LogP contribution in [0.5, 0.6) is 0 Å². The summed E-state index contributed by atoms with van der Waals surface area (Å²) in [7, 11) is -3.82. The second-order valence-electron chi connectivity index (χ2n) is 5.07. The van der Waals surface area contributed by atoms with E-state index in [0.29, 0.717) is 0 Å². The molecule has 0 aliphatic heterocycles. The molecule has 7 nitrogen and oxygen atoms in total. The van der Waals surface area contributed by atoms with Crippen molar-refractivity contribution < 1.29 is 31.6 Å². The number of ether oxygens (including phenoxy) is 1. The number of halogens is 1. The van der Waals surface area contributed by atoms with Crippen LogP contribution in [0.15, 0.2) is 40.8 Å². The molecule has 0 aliphatic carbocycles. The summed E-state index contributed by atoms with van der Waals surface area (Å²) in [5.41, 5.74) is 0.282. The predicted octanol–water partition coefficient (Wildman–Crippen LogP) is 2.15. The number of anilines is 1. The van der Waals surface area contributed by atoms with Crippen LogP contribution in [0, 0.1) is 5.82 Å². The van der Waals surface area contributed by atoms with Gasteiger partial charge < -0.3 is 14.5 Å². The molecule has 0 fully saturated rings. The minimum absolute atomic E-state index is 0.0256. The Morgan fingerprint density at radius 2 is 1.84 bits per heavy atom. The smallest absolute Gasteiger partial charge is 0.374 e. The van der Waals surface area contributed by atoms with Crippen LogP contribution in [0.2, 0.25) is 0 Å². The monoisotopic (exact) mass is 369 g/mol. The summed E-state index contributed by atoms with van der Waals surface area (Å²) >= 11 is 0. The van der Waals surface area contributed by atoms with Gasteiger partial charge in [0.05, 0.1) is 6.61 Å². The van der Waals surface area contributed by atoms with Crippen LogP contribution in [-0.4, -0.2) is 32.7 Å². The molecule has 0 radical (unpaired) electrons. The zero-order chi connectivity index (χ0) is 18.4. The summed E-state index contributed by atoms with van der Waals surface area (Å²) in [6.45, 7) is 1.79. The number of furan rings is 1. The van der Waals surface area contributed by atoms with E-state index in [1.165, 1.54) is 24.3 Å². The summed E-state index contributed by atoms with van der Waals surface area (Å²) in [5, 5.41) is 2.36. The normalized spacial score (nSPS) is 11.1. The Balaban J connectivity index is 1.96. The third kappa shape index (κ3) is 5.71. The molecule has 0 bridgehead atoms. The maximum absolute atomic E-state index is 12.8. The number of esters is 1. The Kier molecular flexibility index (Phi) is 5.92. The maximum atomic E-state index is 12.8. The van der Waals surface area contributed by atoms with Gasteiger partial charge in [0.2, 0.25) is 11.7 Å². The Morgan fingerprint density at radius 3 is 2.48 bits per heavy atom. The van der Waals surface area contributed by atoms with Crippen LogP contribution < -0.4 is 5.32 Å². The molecule has 1 N–H and O–H groups in total. The van der Waals surface area contributed by atoms with Crippen molar-refractivity contribution in [1.29, 1.82) is 0 Å². The van der Waals surface area contributed by atoms with E-state index in [9.17, 15) is 22.4 Å². The predicted molar refractivity (Wildman–Crippen MR) is 87.2 cm³/mol. The van der Waals surface area contributed by atoms with Gasteiger partial charge in [-0.15, -0.1) is 0 Å². The molecule has 9 heteroatoms. The molecule has 2 rings (SSSR count). The van der Waals surface area contributed by atoms with E-state index in [1.54, 1.807) is 6.92 Å². The summed E-state index contributed by atoms with van der Waals surface area (Å²) < 4.78 is 46.8. The fourth-order valence-corrected chi connectivity index (χ4v) is 3.13. The highest BCUT2D eigenvalue weighted by Crippen LogP contribution is 2.14. The van der Waals surface area contributed by atoms with Crippen molar-refractivity contribution in [2.75, 3.05) is 17.7 Å². The number of sulfone groups is 1. The van der Waals surface area contributed by atoms with E-state index in [4.69, 9.17) is 9.15 Å². The lowest BCUT2D eigenvalue weighted by atomic mass is 10.3. The highest BCUT2D eigenvalue weighted by atomic mass is 32.2. The number of amides is 1. The Hall–Kier alpha value is -2.68.